The number of nitrogens with zero attached hydrogens (tertiary/aromatic N) is 2. The number of rotatable bonds is 5. The second-order valence-corrected chi connectivity index (χ2v) is 12.3. The van der Waals surface area contributed by atoms with E-state index in [0.29, 0.717) is 48.8 Å². The predicted molar refractivity (Wildman–Crippen MR) is 138 cm³/mol. The Balaban J connectivity index is 1.41. The summed E-state index contributed by atoms with van der Waals surface area (Å²) in [7, 11) is 0. The summed E-state index contributed by atoms with van der Waals surface area (Å²) in [4.78, 5) is 33.3. The third-order valence-electron chi connectivity index (χ3n) is 10.1. The Bertz CT molecular complexity index is 978. The van der Waals surface area contributed by atoms with E-state index in [1.807, 2.05) is 35.2 Å². The Kier molecular flexibility index (Phi) is 6.42. The highest BCUT2D eigenvalue weighted by Gasteiger charge is 2.60. The fraction of sp³-hybridized carbons (Fsp3) is 0.690. The number of benzene rings is 1. The summed E-state index contributed by atoms with van der Waals surface area (Å²) in [6, 6.07) is 10.1. The van der Waals surface area contributed by atoms with Crippen LogP contribution in [0, 0.1) is 40.4 Å². The lowest BCUT2D eigenvalue weighted by Gasteiger charge is -2.56. The summed E-state index contributed by atoms with van der Waals surface area (Å²) in [5.41, 5.74) is 2.25. The Morgan fingerprint density at radius 1 is 1.15 bits per heavy atom. The van der Waals surface area contributed by atoms with Crippen molar-refractivity contribution in [2.45, 2.75) is 65.7 Å². The molecule has 1 amide bonds. The first-order valence-corrected chi connectivity index (χ1v) is 13.8. The molecular weight excluding hydrogens is 444 g/mol. The summed E-state index contributed by atoms with van der Waals surface area (Å²) in [6.45, 7) is 8.39. The standard InChI is InChI=1S/C29H39ClN2O2/c1-19(16-30)18-32(20-7-5-4-6-8-20)27(34)25-10-9-23-22-17-31-26-15-21(33)11-13-29(26,3)24(22)12-14-28(23,25)2/h4-8,19,22-25H,9-18H2,1-3H3/t19?,22-,23-,24+,25?,28-,29+/m0/s1. The van der Waals surface area contributed by atoms with Crippen molar-refractivity contribution < 1.29 is 9.59 Å². The zero-order valence-electron chi connectivity index (χ0n) is 20.9. The van der Waals surface area contributed by atoms with Gasteiger partial charge in [0, 0.05) is 54.5 Å². The van der Waals surface area contributed by atoms with Gasteiger partial charge < -0.3 is 4.90 Å². The third kappa shape index (κ3) is 3.85. The van der Waals surface area contributed by atoms with Gasteiger partial charge in [0.05, 0.1) is 0 Å². The van der Waals surface area contributed by atoms with E-state index >= 15 is 0 Å². The number of alkyl halides is 1. The van der Waals surface area contributed by atoms with Crippen LogP contribution in [-0.4, -0.2) is 36.4 Å². The van der Waals surface area contributed by atoms with Gasteiger partial charge in [-0.25, -0.2) is 0 Å². The molecule has 2 unspecified atom stereocenters. The first kappa shape index (κ1) is 24.0. The normalized spacial score (nSPS) is 37.8. The lowest BCUT2D eigenvalue weighted by atomic mass is 9.49. The minimum absolute atomic E-state index is 0.0172. The molecule has 34 heavy (non-hydrogen) atoms. The molecule has 0 spiro atoms. The molecule has 3 aliphatic carbocycles. The van der Waals surface area contributed by atoms with E-state index in [4.69, 9.17) is 16.6 Å². The number of halogens is 1. The van der Waals surface area contributed by atoms with Crippen LogP contribution in [0.4, 0.5) is 5.69 Å². The molecule has 1 aromatic rings. The number of amides is 1. The highest BCUT2D eigenvalue weighted by atomic mass is 35.5. The second-order valence-electron chi connectivity index (χ2n) is 12.0. The number of ketones is 1. The molecule has 1 aromatic carbocycles. The molecule has 4 aliphatic rings. The smallest absolute Gasteiger partial charge is 0.230 e. The number of anilines is 1. The van der Waals surface area contributed by atoms with E-state index in [0.717, 1.165) is 44.3 Å². The molecule has 3 fully saturated rings. The van der Waals surface area contributed by atoms with Crippen molar-refractivity contribution in [2.75, 3.05) is 23.9 Å². The van der Waals surface area contributed by atoms with Crippen molar-refractivity contribution in [1.82, 2.24) is 0 Å². The van der Waals surface area contributed by atoms with Gasteiger partial charge in [-0.3, -0.25) is 14.6 Å². The van der Waals surface area contributed by atoms with Gasteiger partial charge in [-0.1, -0.05) is 39.0 Å². The number of para-hydroxylation sites is 1. The van der Waals surface area contributed by atoms with Crippen LogP contribution in [0.3, 0.4) is 0 Å². The first-order chi connectivity index (χ1) is 16.3. The van der Waals surface area contributed by atoms with Crippen LogP contribution in [0.25, 0.3) is 0 Å². The summed E-state index contributed by atoms with van der Waals surface area (Å²) in [6.07, 6.45) is 6.54. The maximum Gasteiger partial charge on any atom is 0.230 e. The number of carbonyl (C=O) groups is 2. The fourth-order valence-corrected chi connectivity index (χ4v) is 8.19. The van der Waals surface area contributed by atoms with Crippen LogP contribution in [0.5, 0.6) is 0 Å². The Morgan fingerprint density at radius 3 is 2.65 bits per heavy atom. The molecule has 0 N–H and O–H groups in total. The minimum Gasteiger partial charge on any atom is -0.312 e. The third-order valence-corrected chi connectivity index (χ3v) is 10.6. The van der Waals surface area contributed by atoms with Crippen LogP contribution in [0.2, 0.25) is 0 Å². The maximum atomic E-state index is 14.2. The van der Waals surface area contributed by atoms with Crippen molar-refractivity contribution in [1.29, 1.82) is 0 Å². The molecule has 5 heteroatoms. The molecule has 0 aromatic heterocycles. The molecule has 5 rings (SSSR count). The van der Waals surface area contributed by atoms with Crippen molar-refractivity contribution in [3.05, 3.63) is 30.3 Å². The zero-order chi connectivity index (χ0) is 24.1. The van der Waals surface area contributed by atoms with Crippen molar-refractivity contribution >= 4 is 34.7 Å². The topological polar surface area (TPSA) is 49.7 Å². The summed E-state index contributed by atoms with van der Waals surface area (Å²) in [5, 5.41) is 0. The Labute approximate surface area is 209 Å². The second kappa shape index (κ2) is 9.08. The average Bonchev–Trinajstić information content (AvgIpc) is 3.20. The molecule has 0 saturated heterocycles. The van der Waals surface area contributed by atoms with Crippen molar-refractivity contribution in [3.8, 4) is 0 Å². The van der Waals surface area contributed by atoms with Gasteiger partial charge in [0.25, 0.3) is 0 Å². The molecule has 184 valence electrons. The molecule has 3 saturated carbocycles. The molecule has 0 radical (unpaired) electrons. The summed E-state index contributed by atoms with van der Waals surface area (Å²) < 4.78 is 0. The number of fused-ring (bicyclic) bond motifs is 5. The zero-order valence-corrected chi connectivity index (χ0v) is 21.7. The first-order valence-electron chi connectivity index (χ1n) is 13.3. The fourth-order valence-electron chi connectivity index (χ4n) is 8.09. The molecule has 4 nitrogen and oxygen atoms in total. The molecule has 7 atom stereocenters. The van der Waals surface area contributed by atoms with Gasteiger partial charge in [-0.05, 0) is 73.3 Å². The van der Waals surface area contributed by atoms with Gasteiger partial charge in [-0.2, -0.15) is 0 Å². The Hall–Kier alpha value is -1.68. The van der Waals surface area contributed by atoms with Crippen LogP contribution < -0.4 is 4.90 Å². The van der Waals surface area contributed by atoms with Gasteiger partial charge in [-0.15, -0.1) is 11.6 Å². The monoisotopic (exact) mass is 482 g/mol. The van der Waals surface area contributed by atoms with E-state index in [1.54, 1.807) is 0 Å². The van der Waals surface area contributed by atoms with E-state index in [2.05, 4.69) is 20.8 Å². The van der Waals surface area contributed by atoms with E-state index in [-0.39, 0.29) is 28.6 Å². The van der Waals surface area contributed by atoms with Crippen LogP contribution >= 0.6 is 11.6 Å². The average molecular weight is 483 g/mol. The summed E-state index contributed by atoms with van der Waals surface area (Å²) in [5.74, 6) is 3.14. The van der Waals surface area contributed by atoms with Crippen LogP contribution in [0.1, 0.15) is 65.7 Å². The van der Waals surface area contributed by atoms with Crippen molar-refractivity contribution in [2.24, 2.45) is 45.4 Å². The number of hydrogen-bond acceptors (Lipinski definition) is 3. The Morgan fingerprint density at radius 2 is 1.91 bits per heavy atom. The number of carbonyl (C=O) groups excluding carboxylic acids is 2. The maximum absolute atomic E-state index is 14.2. The number of aliphatic imine (C=N–C) groups is 1. The highest BCUT2D eigenvalue weighted by Crippen LogP contribution is 2.64. The van der Waals surface area contributed by atoms with E-state index in [1.165, 1.54) is 5.71 Å². The van der Waals surface area contributed by atoms with E-state index < -0.39 is 0 Å². The lowest BCUT2D eigenvalue weighted by molar-refractivity contribution is -0.129. The van der Waals surface area contributed by atoms with Gasteiger partial charge >= 0.3 is 0 Å². The molecule has 1 heterocycles. The van der Waals surface area contributed by atoms with Gasteiger partial charge in [0.15, 0.2) is 0 Å². The molecular formula is C29H39ClN2O2. The van der Waals surface area contributed by atoms with Gasteiger partial charge in [0.2, 0.25) is 5.91 Å². The number of Topliss-reactive ketones (excluding diaryl/α,β-unsaturated/α-hetero) is 1. The summed E-state index contributed by atoms with van der Waals surface area (Å²) >= 11 is 6.17. The minimum atomic E-state index is 0.0172. The quantitative estimate of drug-likeness (QED) is 0.471. The number of hydrogen-bond donors (Lipinski definition) is 0. The molecule has 1 aliphatic heterocycles. The SMILES string of the molecule is CC(CCl)CN(C(=O)C1CC[C@H]2[C@@H]3CN=C4CC(=O)CC[C@]4(C)[C@@H]3CC[C@]12C)c1ccccc1. The van der Waals surface area contributed by atoms with Crippen molar-refractivity contribution in [3.63, 3.8) is 0 Å². The lowest BCUT2D eigenvalue weighted by Crippen LogP contribution is -2.55. The molecule has 0 bridgehead atoms. The van der Waals surface area contributed by atoms with Gasteiger partial charge in [0.1, 0.15) is 5.78 Å². The van der Waals surface area contributed by atoms with E-state index in [9.17, 15) is 9.59 Å². The van der Waals surface area contributed by atoms with Crippen LogP contribution in [0.15, 0.2) is 35.3 Å². The van der Waals surface area contributed by atoms with Crippen LogP contribution in [-0.2, 0) is 9.59 Å². The largest absolute Gasteiger partial charge is 0.312 e. The highest BCUT2D eigenvalue weighted by molar-refractivity contribution is 6.18. The predicted octanol–water partition coefficient (Wildman–Crippen LogP) is 6.17.